The van der Waals surface area contributed by atoms with Crippen molar-refractivity contribution in [2.75, 3.05) is 6.61 Å². The molecule has 0 heterocycles. The van der Waals surface area contributed by atoms with Crippen LogP contribution in [0.2, 0.25) is 4.44 Å². The predicted octanol–water partition coefficient (Wildman–Crippen LogP) is -0.479. The SMILES string of the molecule is O.OCCC[CH2][Sn]. The molecule has 0 amide bonds. The Bertz CT molecular complexity index is 21.7. The van der Waals surface area contributed by atoms with Crippen LogP contribution < -0.4 is 0 Å². The molecule has 0 aliphatic heterocycles. The zero-order valence-corrected chi connectivity index (χ0v) is 7.13. The van der Waals surface area contributed by atoms with Crippen molar-refractivity contribution in [3.8, 4) is 0 Å². The van der Waals surface area contributed by atoms with Crippen molar-refractivity contribution < 1.29 is 10.6 Å². The molecule has 0 aromatic heterocycles. The number of unbranched alkanes of at least 4 members (excludes halogenated alkanes) is 1. The Hall–Kier alpha value is 0.719. The van der Waals surface area contributed by atoms with Gasteiger partial charge in [-0.3, -0.25) is 0 Å². The van der Waals surface area contributed by atoms with Crippen molar-refractivity contribution in [1.82, 2.24) is 0 Å². The molecule has 3 N–H and O–H groups in total. The van der Waals surface area contributed by atoms with E-state index in [9.17, 15) is 0 Å². The minimum absolute atomic E-state index is 0. The van der Waals surface area contributed by atoms with Crippen LogP contribution >= 0.6 is 0 Å². The summed E-state index contributed by atoms with van der Waals surface area (Å²) in [6.07, 6.45) is 2.19. The molecule has 0 rings (SSSR count). The molecule has 0 atom stereocenters. The molecule has 0 saturated carbocycles. The number of aliphatic hydroxyl groups is 1. The van der Waals surface area contributed by atoms with Gasteiger partial charge in [0.05, 0.1) is 0 Å². The van der Waals surface area contributed by atoms with Crippen LogP contribution in [0, 0.1) is 0 Å². The fourth-order valence-corrected chi connectivity index (χ4v) is 0.950. The Morgan fingerprint density at radius 2 is 1.86 bits per heavy atom. The average Bonchev–Trinajstić information content (AvgIpc) is 1.61. The molecule has 0 spiro atoms. The van der Waals surface area contributed by atoms with Gasteiger partial charge in [0.25, 0.3) is 0 Å². The van der Waals surface area contributed by atoms with Gasteiger partial charge < -0.3 is 5.48 Å². The van der Waals surface area contributed by atoms with Crippen molar-refractivity contribution >= 4 is 22.5 Å². The molecule has 0 bridgehead atoms. The van der Waals surface area contributed by atoms with E-state index >= 15 is 0 Å². The number of hydrogen-bond donors (Lipinski definition) is 1. The monoisotopic (exact) mass is 211 g/mol. The van der Waals surface area contributed by atoms with E-state index < -0.39 is 0 Å². The Kier molecular flexibility index (Phi) is 15.0. The first kappa shape index (κ1) is 10.7. The van der Waals surface area contributed by atoms with E-state index in [1.165, 1.54) is 10.9 Å². The third-order valence-corrected chi connectivity index (χ3v) is 1.59. The molecule has 3 radical (unpaired) electrons. The van der Waals surface area contributed by atoms with E-state index in [2.05, 4.69) is 0 Å². The van der Waals surface area contributed by atoms with Gasteiger partial charge in [-0.05, 0) is 0 Å². The van der Waals surface area contributed by atoms with Crippen molar-refractivity contribution in [3.63, 3.8) is 0 Å². The second kappa shape index (κ2) is 9.87. The summed E-state index contributed by atoms with van der Waals surface area (Å²) < 4.78 is 1.28. The van der Waals surface area contributed by atoms with Crippen molar-refractivity contribution in [3.05, 3.63) is 0 Å². The summed E-state index contributed by atoms with van der Waals surface area (Å²) in [6.45, 7) is 0.369. The van der Waals surface area contributed by atoms with Crippen LogP contribution in [-0.4, -0.2) is 39.7 Å². The molecule has 0 aliphatic carbocycles. The normalized spacial score (nSPS) is 7.71. The predicted molar refractivity (Wildman–Crippen MR) is 30.5 cm³/mol. The summed E-state index contributed by atoms with van der Waals surface area (Å²) in [5.74, 6) is 0. The average molecular weight is 210 g/mol. The van der Waals surface area contributed by atoms with Crippen molar-refractivity contribution in [1.29, 1.82) is 0 Å². The second-order valence-corrected chi connectivity index (χ2v) is 2.61. The number of hydrogen-bond acceptors (Lipinski definition) is 1. The van der Waals surface area contributed by atoms with Gasteiger partial charge in [0.15, 0.2) is 0 Å². The van der Waals surface area contributed by atoms with Gasteiger partial charge in [0.2, 0.25) is 0 Å². The molecular formula is C4H11O2Sn. The molecule has 43 valence electrons. The molecule has 0 unspecified atom stereocenters. The molecule has 0 aromatic carbocycles. The quantitative estimate of drug-likeness (QED) is 0.496. The minimum atomic E-state index is 0. The first-order chi connectivity index (χ1) is 2.91. The molecule has 0 saturated heterocycles. The van der Waals surface area contributed by atoms with Gasteiger partial charge in [-0.1, -0.05) is 0 Å². The number of aliphatic hydroxyl groups excluding tert-OH is 1. The maximum absolute atomic E-state index is 8.21. The topological polar surface area (TPSA) is 51.7 Å². The molecule has 2 nitrogen and oxygen atoms in total. The molecule has 0 aromatic rings. The molecule has 0 fully saturated rings. The van der Waals surface area contributed by atoms with Gasteiger partial charge in [-0.15, -0.1) is 0 Å². The summed E-state index contributed by atoms with van der Waals surface area (Å²) >= 11 is 1.58. The van der Waals surface area contributed by atoms with Gasteiger partial charge in [0.1, 0.15) is 0 Å². The van der Waals surface area contributed by atoms with Crippen LogP contribution in [-0.2, 0) is 0 Å². The third-order valence-electron chi connectivity index (χ3n) is 0.585. The van der Waals surface area contributed by atoms with Gasteiger partial charge in [-0.2, -0.15) is 0 Å². The Morgan fingerprint density at radius 1 is 1.29 bits per heavy atom. The van der Waals surface area contributed by atoms with Crippen LogP contribution in [0.3, 0.4) is 0 Å². The first-order valence-corrected chi connectivity index (χ1v) is 4.19. The Balaban J connectivity index is 0. The van der Waals surface area contributed by atoms with E-state index in [4.69, 9.17) is 5.11 Å². The van der Waals surface area contributed by atoms with Gasteiger partial charge >= 0.3 is 51.5 Å². The fraction of sp³-hybridized carbons (Fsp3) is 1.00. The van der Waals surface area contributed by atoms with Crippen LogP contribution in [0.5, 0.6) is 0 Å². The Labute approximate surface area is 57.3 Å². The van der Waals surface area contributed by atoms with Gasteiger partial charge in [-0.25, -0.2) is 0 Å². The van der Waals surface area contributed by atoms with Gasteiger partial charge in [0, 0.05) is 0 Å². The van der Waals surface area contributed by atoms with E-state index in [1.54, 1.807) is 22.5 Å². The maximum atomic E-state index is 8.21. The van der Waals surface area contributed by atoms with Crippen LogP contribution in [0.1, 0.15) is 12.8 Å². The molecular weight excluding hydrogens is 199 g/mol. The van der Waals surface area contributed by atoms with Crippen molar-refractivity contribution in [2.24, 2.45) is 0 Å². The molecule has 7 heavy (non-hydrogen) atoms. The first-order valence-electron chi connectivity index (χ1n) is 2.17. The van der Waals surface area contributed by atoms with Crippen molar-refractivity contribution in [2.45, 2.75) is 17.3 Å². The van der Waals surface area contributed by atoms with Crippen LogP contribution in [0.25, 0.3) is 0 Å². The molecule has 0 aliphatic rings. The Morgan fingerprint density at radius 3 is 2.00 bits per heavy atom. The summed E-state index contributed by atoms with van der Waals surface area (Å²) in [4.78, 5) is 0. The summed E-state index contributed by atoms with van der Waals surface area (Å²) in [5, 5.41) is 8.21. The van der Waals surface area contributed by atoms with Crippen LogP contribution in [0.4, 0.5) is 0 Å². The summed E-state index contributed by atoms with van der Waals surface area (Å²) in [7, 11) is 0. The summed E-state index contributed by atoms with van der Waals surface area (Å²) in [5.41, 5.74) is 0. The zero-order chi connectivity index (χ0) is 4.83. The fourth-order valence-electron chi connectivity index (χ4n) is 0.237. The van der Waals surface area contributed by atoms with E-state index in [0.29, 0.717) is 6.61 Å². The number of rotatable bonds is 3. The standard InChI is InChI=1S/C4H9O.H2O.Sn/c1-2-3-4-5;;/h5H,1-4H2;1H2;. The van der Waals surface area contributed by atoms with E-state index in [-0.39, 0.29) is 5.48 Å². The van der Waals surface area contributed by atoms with E-state index in [0.717, 1.165) is 6.42 Å². The molecule has 3 heteroatoms. The summed E-state index contributed by atoms with van der Waals surface area (Å²) in [6, 6.07) is 0. The second-order valence-electron chi connectivity index (χ2n) is 1.18. The zero-order valence-electron chi connectivity index (χ0n) is 4.28. The third kappa shape index (κ3) is 10.8. The van der Waals surface area contributed by atoms with E-state index in [1.807, 2.05) is 0 Å². The van der Waals surface area contributed by atoms with Crippen LogP contribution in [0.15, 0.2) is 0 Å².